The van der Waals surface area contributed by atoms with Crippen LogP contribution in [-0.4, -0.2) is 20.8 Å². The van der Waals surface area contributed by atoms with E-state index >= 15 is 0 Å². The molecule has 0 bridgehead atoms. The minimum absolute atomic E-state index is 0.115. The van der Waals surface area contributed by atoms with Crippen LogP contribution >= 0.6 is 0 Å². The molecule has 2 aromatic carbocycles. The lowest BCUT2D eigenvalue weighted by Crippen LogP contribution is -2.31. The molecule has 0 atom stereocenters. The van der Waals surface area contributed by atoms with Crippen LogP contribution in [0, 0.1) is 6.92 Å². The van der Waals surface area contributed by atoms with Crippen molar-refractivity contribution in [3.05, 3.63) is 93.4 Å². The number of para-hydroxylation sites is 1. The molecule has 6 heteroatoms. The molecule has 0 radical (unpaired) electrons. The quantitative estimate of drug-likeness (QED) is 0.737. The van der Waals surface area contributed by atoms with E-state index in [2.05, 4.69) is 10.4 Å². The van der Waals surface area contributed by atoms with Crippen LogP contribution in [-0.2, 0) is 13.2 Å². The van der Waals surface area contributed by atoms with Crippen LogP contribution in [0.2, 0.25) is 0 Å². The number of aromatic nitrogens is 2. The lowest BCUT2D eigenvalue weighted by molar-refractivity contribution is 0.0942. The maximum atomic E-state index is 12.5. The van der Waals surface area contributed by atoms with Crippen molar-refractivity contribution in [3.63, 3.8) is 0 Å². The average molecular weight is 349 g/mol. The van der Waals surface area contributed by atoms with Gasteiger partial charge in [-0.3, -0.25) is 9.59 Å². The Balaban J connectivity index is 1.87. The molecular formula is C20H19N3O3. The Labute approximate surface area is 150 Å². The Morgan fingerprint density at radius 3 is 2.42 bits per heavy atom. The summed E-state index contributed by atoms with van der Waals surface area (Å²) in [7, 11) is 0. The lowest BCUT2D eigenvalue weighted by atomic mass is 10.1. The van der Waals surface area contributed by atoms with E-state index in [0.29, 0.717) is 5.69 Å². The van der Waals surface area contributed by atoms with E-state index in [1.807, 2.05) is 48.5 Å². The molecule has 0 aliphatic carbocycles. The highest BCUT2D eigenvalue weighted by molar-refractivity contribution is 5.92. The minimum Gasteiger partial charge on any atom is -0.392 e. The van der Waals surface area contributed by atoms with Gasteiger partial charge in [0, 0.05) is 18.3 Å². The first-order valence-corrected chi connectivity index (χ1v) is 8.22. The van der Waals surface area contributed by atoms with E-state index in [0.717, 1.165) is 16.8 Å². The maximum Gasteiger partial charge on any atom is 0.276 e. The summed E-state index contributed by atoms with van der Waals surface area (Å²) >= 11 is 0. The second kappa shape index (κ2) is 7.76. The predicted molar refractivity (Wildman–Crippen MR) is 98.1 cm³/mol. The fourth-order valence-corrected chi connectivity index (χ4v) is 2.68. The number of carbonyl (C=O) groups is 1. The molecule has 0 aliphatic heterocycles. The smallest absolute Gasteiger partial charge is 0.276 e. The largest absolute Gasteiger partial charge is 0.392 e. The van der Waals surface area contributed by atoms with Gasteiger partial charge in [0.05, 0.1) is 12.3 Å². The molecule has 0 aliphatic rings. The number of hydrogen-bond acceptors (Lipinski definition) is 4. The van der Waals surface area contributed by atoms with Crippen LogP contribution in [0.4, 0.5) is 0 Å². The van der Waals surface area contributed by atoms with Gasteiger partial charge < -0.3 is 10.4 Å². The number of rotatable bonds is 5. The van der Waals surface area contributed by atoms with Crippen LogP contribution in [0.15, 0.2) is 65.5 Å². The molecule has 6 nitrogen and oxygen atoms in total. The van der Waals surface area contributed by atoms with Gasteiger partial charge in [0.1, 0.15) is 0 Å². The zero-order valence-electron chi connectivity index (χ0n) is 14.3. The molecule has 0 unspecified atom stereocenters. The Morgan fingerprint density at radius 2 is 1.73 bits per heavy atom. The third kappa shape index (κ3) is 3.70. The van der Waals surface area contributed by atoms with Crippen molar-refractivity contribution in [3.8, 4) is 5.69 Å². The van der Waals surface area contributed by atoms with Crippen molar-refractivity contribution in [2.75, 3.05) is 0 Å². The van der Waals surface area contributed by atoms with E-state index in [4.69, 9.17) is 0 Å². The van der Waals surface area contributed by atoms with Crippen molar-refractivity contribution in [2.45, 2.75) is 20.1 Å². The van der Waals surface area contributed by atoms with Crippen LogP contribution in [0.1, 0.15) is 27.3 Å². The first kappa shape index (κ1) is 17.6. The van der Waals surface area contributed by atoms with Crippen LogP contribution in [0.25, 0.3) is 5.69 Å². The molecular weight excluding hydrogens is 330 g/mol. The molecule has 132 valence electrons. The number of aryl methyl sites for hydroxylation is 1. The van der Waals surface area contributed by atoms with E-state index < -0.39 is 11.3 Å². The highest BCUT2D eigenvalue weighted by atomic mass is 16.3. The molecule has 1 amide bonds. The number of amides is 1. The summed E-state index contributed by atoms with van der Waals surface area (Å²) in [5.74, 6) is -0.549. The third-order valence-corrected chi connectivity index (χ3v) is 4.05. The average Bonchev–Trinajstić information content (AvgIpc) is 2.67. The number of aliphatic hydroxyl groups excluding tert-OH is 1. The topological polar surface area (TPSA) is 84.2 Å². The second-order valence-corrected chi connectivity index (χ2v) is 5.86. The summed E-state index contributed by atoms with van der Waals surface area (Å²) in [5.41, 5.74) is 2.34. The van der Waals surface area contributed by atoms with Gasteiger partial charge in [-0.15, -0.1) is 0 Å². The molecule has 3 rings (SSSR count). The second-order valence-electron chi connectivity index (χ2n) is 5.86. The number of aliphatic hydroxyl groups is 1. The molecule has 2 N–H and O–H groups in total. The van der Waals surface area contributed by atoms with Gasteiger partial charge in [-0.1, -0.05) is 42.5 Å². The number of carbonyl (C=O) groups excluding carboxylic acids is 1. The molecule has 26 heavy (non-hydrogen) atoms. The fourth-order valence-electron chi connectivity index (χ4n) is 2.68. The first-order chi connectivity index (χ1) is 12.6. The Morgan fingerprint density at radius 1 is 1.08 bits per heavy atom. The van der Waals surface area contributed by atoms with Gasteiger partial charge in [0.25, 0.3) is 5.91 Å². The number of hydrogen-bond donors (Lipinski definition) is 2. The standard InChI is InChI=1S/C20H19N3O3/c1-14-11-18(25)19(22-23(14)17-9-3-2-4-10-17)20(26)21-12-15-7-5-6-8-16(15)13-24/h2-11,24H,12-13H2,1H3,(H,21,26). The van der Waals surface area contributed by atoms with E-state index in [-0.39, 0.29) is 18.8 Å². The molecule has 0 fully saturated rings. The van der Waals surface area contributed by atoms with Crippen LogP contribution in [0.5, 0.6) is 0 Å². The highest BCUT2D eigenvalue weighted by Crippen LogP contribution is 2.10. The van der Waals surface area contributed by atoms with Crippen molar-refractivity contribution >= 4 is 5.91 Å². The van der Waals surface area contributed by atoms with Crippen LogP contribution < -0.4 is 10.7 Å². The lowest BCUT2D eigenvalue weighted by Gasteiger charge is -2.12. The zero-order chi connectivity index (χ0) is 18.5. The Hall–Kier alpha value is -3.25. The zero-order valence-corrected chi connectivity index (χ0v) is 14.3. The summed E-state index contributed by atoms with van der Waals surface area (Å²) in [4.78, 5) is 24.7. The normalized spacial score (nSPS) is 10.5. The van der Waals surface area contributed by atoms with E-state index in [9.17, 15) is 14.7 Å². The molecule has 3 aromatic rings. The fraction of sp³-hybridized carbons (Fsp3) is 0.150. The van der Waals surface area contributed by atoms with E-state index in [1.165, 1.54) is 6.07 Å². The summed E-state index contributed by atoms with van der Waals surface area (Å²) < 4.78 is 1.57. The summed E-state index contributed by atoms with van der Waals surface area (Å²) in [6, 6.07) is 18.0. The van der Waals surface area contributed by atoms with Crippen molar-refractivity contribution in [2.24, 2.45) is 0 Å². The van der Waals surface area contributed by atoms with Crippen molar-refractivity contribution < 1.29 is 9.90 Å². The predicted octanol–water partition coefficient (Wildman–Crippen LogP) is 1.96. The molecule has 1 heterocycles. The van der Waals surface area contributed by atoms with Gasteiger partial charge in [-0.2, -0.15) is 5.10 Å². The van der Waals surface area contributed by atoms with Crippen molar-refractivity contribution in [1.82, 2.24) is 15.1 Å². The first-order valence-electron chi connectivity index (χ1n) is 8.22. The summed E-state index contributed by atoms with van der Waals surface area (Å²) in [6.45, 7) is 1.85. The van der Waals surface area contributed by atoms with Gasteiger partial charge in [0.2, 0.25) is 5.43 Å². The molecule has 1 aromatic heterocycles. The number of nitrogens with zero attached hydrogens (tertiary/aromatic N) is 2. The SMILES string of the molecule is Cc1cc(=O)c(C(=O)NCc2ccccc2CO)nn1-c1ccccc1. The number of nitrogens with one attached hydrogen (secondary N) is 1. The molecule has 0 saturated carbocycles. The minimum atomic E-state index is -0.549. The molecule has 0 spiro atoms. The van der Waals surface area contributed by atoms with Gasteiger partial charge in [-0.05, 0) is 30.2 Å². The monoisotopic (exact) mass is 349 g/mol. The van der Waals surface area contributed by atoms with Crippen molar-refractivity contribution in [1.29, 1.82) is 0 Å². The van der Waals surface area contributed by atoms with Gasteiger partial charge >= 0.3 is 0 Å². The van der Waals surface area contributed by atoms with E-state index in [1.54, 1.807) is 17.7 Å². The Kier molecular flexibility index (Phi) is 5.24. The number of benzene rings is 2. The summed E-state index contributed by atoms with van der Waals surface area (Å²) in [5, 5.41) is 16.3. The van der Waals surface area contributed by atoms with Gasteiger partial charge in [0.15, 0.2) is 5.69 Å². The highest BCUT2D eigenvalue weighted by Gasteiger charge is 2.15. The Bertz CT molecular complexity index is 981. The maximum absolute atomic E-state index is 12.5. The van der Waals surface area contributed by atoms with Gasteiger partial charge in [-0.25, -0.2) is 4.68 Å². The molecule has 0 saturated heterocycles. The summed E-state index contributed by atoms with van der Waals surface area (Å²) in [6.07, 6.45) is 0. The van der Waals surface area contributed by atoms with Crippen LogP contribution in [0.3, 0.4) is 0 Å². The third-order valence-electron chi connectivity index (χ3n) is 4.05.